The molecule has 0 atom stereocenters. The Hall–Kier alpha value is -1.93. The minimum absolute atomic E-state index is 0.191. The summed E-state index contributed by atoms with van der Waals surface area (Å²) in [5.41, 5.74) is 1.04. The van der Waals surface area contributed by atoms with Gasteiger partial charge in [0.2, 0.25) is 10.0 Å². The first-order valence-corrected chi connectivity index (χ1v) is 11.5. The van der Waals surface area contributed by atoms with Crippen LogP contribution in [0.2, 0.25) is 5.02 Å². The number of nitrogens with one attached hydrogen (secondary N) is 1. The predicted octanol–water partition coefficient (Wildman–Crippen LogP) is 5.15. The van der Waals surface area contributed by atoms with Gasteiger partial charge in [0.25, 0.3) is 5.91 Å². The lowest BCUT2D eigenvalue weighted by Crippen LogP contribution is -2.31. The van der Waals surface area contributed by atoms with Crippen LogP contribution in [0.25, 0.3) is 10.1 Å². The first-order chi connectivity index (χ1) is 13.3. The zero-order valence-corrected chi connectivity index (χ0v) is 18.2. The van der Waals surface area contributed by atoms with Crippen molar-refractivity contribution in [2.45, 2.75) is 25.7 Å². The third kappa shape index (κ3) is 3.80. The van der Waals surface area contributed by atoms with Crippen LogP contribution in [0.15, 0.2) is 47.4 Å². The Balaban J connectivity index is 1.95. The summed E-state index contributed by atoms with van der Waals surface area (Å²) in [5, 5.41) is 4.01. The van der Waals surface area contributed by atoms with Gasteiger partial charge in [0.05, 0.1) is 9.92 Å². The summed E-state index contributed by atoms with van der Waals surface area (Å²) in [6.45, 7) is 6.10. The van der Waals surface area contributed by atoms with Crippen molar-refractivity contribution in [1.29, 1.82) is 0 Å². The number of carbonyl (C=O) groups is 1. The molecule has 0 fully saturated rings. The maximum atomic E-state index is 12.9. The number of fused-ring (bicyclic) bond motifs is 1. The van der Waals surface area contributed by atoms with Crippen LogP contribution >= 0.6 is 22.9 Å². The molecule has 3 rings (SSSR count). The maximum Gasteiger partial charge on any atom is 0.267 e. The van der Waals surface area contributed by atoms with Gasteiger partial charge in [0, 0.05) is 28.9 Å². The molecule has 28 heavy (non-hydrogen) atoms. The van der Waals surface area contributed by atoms with Gasteiger partial charge in [0.1, 0.15) is 4.88 Å². The average Bonchev–Trinajstić information content (AvgIpc) is 3.01. The van der Waals surface area contributed by atoms with Crippen LogP contribution < -0.4 is 5.32 Å². The van der Waals surface area contributed by atoms with Crippen molar-refractivity contribution in [3.05, 3.63) is 57.9 Å². The Bertz CT molecular complexity index is 1140. The molecular weight excluding hydrogens is 416 g/mol. The SMILES string of the molecule is CCN(CC)S(=O)(=O)c1cc(NC(=O)c2sc3ccccc3c2Cl)ccc1C. The van der Waals surface area contributed by atoms with E-state index in [0.29, 0.717) is 34.2 Å². The highest BCUT2D eigenvalue weighted by Crippen LogP contribution is 2.35. The van der Waals surface area contributed by atoms with E-state index in [0.717, 1.165) is 10.1 Å². The van der Waals surface area contributed by atoms with Gasteiger partial charge >= 0.3 is 0 Å². The van der Waals surface area contributed by atoms with E-state index in [-0.39, 0.29) is 10.8 Å². The predicted molar refractivity (Wildman–Crippen MR) is 116 cm³/mol. The van der Waals surface area contributed by atoms with Gasteiger partial charge in [-0.3, -0.25) is 4.79 Å². The Morgan fingerprint density at radius 2 is 1.82 bits per heavy atom. The third-order valence-corrected chi connectivity index (χ3v) is 8.38. The number of amides is 1. The van der Waals surface area contributed by atoms with Crippen LogP contribution in [0.4, 0.5) is 5.69 Å². The second kappa shape index (κ2) is 8.21. The van der Waals surface area contributed by atoms with Gasteiger partial charge in [-0.25, -0.2) is 8.42 Å². The highest BCUT2D eigenvalue weighted by Gasteiger charge is 2.24. The van der Waals surface area contributed by atoms with E-state index < -0.39 is 10.0 Å². The second-order valence-electron chi connectivity index (χ2n) is 6.27. The Kier molecular flexibility index (Phi) is 6.09. The summed E-state index contributed by atoms with van der Waals surface area (Å²) in [5.74, 6) is -0.360. The van der Waals surface area contributed by atoms with E-state index in [2.05, 4.69) is 5.32 Å². The van der Waals surface area contributed by atoms with Crippen molar-refractivity contribution >= 4 is 54.6 Å². The van der Waals surface area contributed by atoms with Crippen molar-refractivity contribution in [1.82, 2.24) is 4.31 Å². The lowest BCUT2D eigenvalue weighted by Gasteiger charge is -2.20. The van der Waals surface area contributed by atoms with Gasteiger partial charge < -0.3 is 5.32 Å². The van der Waals surface area contributed by atoms with Crippen LogP contribution in [-0.4, -0.2) is 31.7 Å². The molecule has 0 radical (unpaired) electrons. The van der Waals surface area contributed by atoms with Crippen LogP contribution in [0, 0.1) is 6.92 Å². The highest BCUT2D eigenvalue weighted by molar-refractivity contribution is 7.89. The van der Waals surface area contributed by atoms with Crippen molar-refractivity contribution < 1.29 is 13.2 Å². The van der Waals surface area contributed by atoms with E-state index >= 15 is 0 Å². The number of sulfonamides is 1. The van der Waals surface area contributed by atoms with E-state index in [4.69, 9.17) is 11.6 Å². The van der Waals surface area contributed by atoms with E-state index in [1.807, 2.05) is 24.3 Å². The van der Waals surface area contributed by atoms with E-state index in [1.165, 1.54) is 21.7 Å². The summed E-state index contributed by atoms with van der Waals surface area (Å²) in [7, 11) is -3.62. The Morgan fingerprint density at radius 1 is 1.14 bits per heavy atom. The molecule has 2 aromatic carbocycles. The first kappa shape index (κ1) is 20.8. The molecule has 1 amide bonds. The minimum atomic E-state index is -3.62. The molecular formula is C20H21ClN2O3S2. The van der Waals surface area contributed by atoms with Gasteiger partial charge in [-0.2, -0.15) is 4.31 Å². The number of aryl methyl sites for hydroxylation is 1. The molecule has 0 aliphatic rings. The van der Waals surface area contributed by atoms with Gasteiger partial charge in [0.15, 0.2) is 0 Å². The van der Waals surface area contributed by atoms with Gasteiger partial charge in [-0.05, 0) is 30.7 Å². The second-order valence-corrected chi connectivity index (χ2v) is 9.60. The normalized spacial score (nSPS) is 11.9. The lowest BCUT2D eigenvalue weighted by atomic mass is 10.2. The highest BCUT2D eigenvalue weighted by atomic mass is 35.5. The molecule has 8 heteroatoms. The van der Waals surface area contributed by atoms with Crippen LogP contribution in [-0.2, 0) is 10.0 Å². The summed E-state index contributed by atoms with van der Waals surface area (Å²) in [6, 6.07) is 12.4. The van der Waals surface area contributed by atoms with Crippen LogP contribution in [0.5, 0.6) is 0 Å². The topological polar surface area (TPSA) is 66.5 Å². The molecule has 3 aromatic rings. The standard InChI is InChI=1S/C20H21ClN2O3S2/c1-4-23(5-2)28(25,26)17-12-14(11-10-13(17)3)22-20(24)19-18(21)15-8-6-7-9-16(15)27-19/h6-12H,4-5H2,1-3H3,(H,22,24). The number of anilines is 1. The third-order valence-electron chi connectivity index (χ3n) is 4.51. The number of hydrogen-bond donors (Lipinski definition) is 1. The number of halogens is 1. The average molecular weight is 437 g/mol. The summed E-state index contributed by atoms with van der Waals surface area (Å²) >= 11 is 7.68. The number of benzene rings is 2. The molecule has 1 aromatic heterocycles. The quantitative estimate of drug-likeness (QED) is 0.581. The lowest BCUT2D eigenvalue weighted by molar-refractivity contribution is 0.103. The fourth-order valence-corrected chi connectivity index (χ4v) is 6.13. The number of nitrogens with zero attached hydrogens (tertiary/aromatic N) is 1. The first-order valence-electron chi connectivity index (χ1n) is 8.88. The number of rotatable bonds is 6. The van der Waals surface area contributed by atoms with Crippen LogP contribution in [0.3, 0.4) is 0 Å². The molecule has 148 valence electrons. The summed E-state index contributed by atoms with van der Waals surface area (Å²) in [4.78, 5) is 13.3. The smallest absolute Gasteiger partial charge is 0.267 e. The summed E-state index contributed by atoms with van der Waals surface area (Å²) < 4.78 is 28.1. The molecule has 0 saturated carbocycles. The van der Waals surface area contributed by atoms with Crippen molar-refractivity contribution in [3.63, 3.8) is 0 Å². The molecule has 0 bridgehead atoms. The van der Waals surface area contributed by atoms with Gasteiger partial charge in [-0.15, -0.1) is 11.3 Å². The molecule has 0 aliphatic carbocycles. The fraction of sp³-hybridized carbons (Fsp3) is 0.250. The summed E-state index contributed by atoms with van der Waals surface area (Å²) in [6.07, 6.45) is 0. The molecule has 0 spiro atoms. The van der Waals surface area contributed by atoms with Crippen molar-refractivity contribution in [3.8, 4) is 0 Å². The molecule has 1 N–H and O–H groups in total. The van der Waals surface area contributed by atoms with E-state index in [1.54, 1.807) is 32.9 Å². The zero-order valence-electron chi connectivity index (χ0n) is 15.8. The monoisotopic (exact) mass is 436 g/mol. The Morgan fingerprint density at radius 3 is 2.46 bits per heavy atom. The molecule has 0 aliphatic heterocycles. The zero-order chi connectivity index (χ0) is 20.5. The van der Waals surface area contributed by atoms with Gasteiger partial charge in [-0.1, -0.05) is 49.7 Å². The molecule has 1 heterocycles. The number of carbonyl (C=O) groups excluding carboxylic acids is 1. The number of hydrogen-bond acceptors (Lipinski definition) is 4. The largest absolute Gasteiger partial charge is 0.321 e. The van der Waals surface area contributed by atoms with E-state index in [9.17, 15) is 13.2 Å². The van der Waals surface area contributed by atoms with Crippen molar-refractivity contribution in [2.24, 2.45) is 0 Å². The molecule has 5 nitrogen and oxygen atoms in total. The molecule has 0 unspecified atom stereocenters. The van der Waals surface area contributed by atoms with Crippen LogP contribution in [0.1, 0.15) is 29.1 Å². The molecule has 0 saturated heterocycles. The Labute approximate surface area is 174 Å². The van der Waals surface area contributed by atoms with Crippen molar-refractivity contribution in [2.75, 3.05) is 18.4 Å². The maximum absolute atomic E-state index is 12.9. The number of thiophene rings is 1. The fourth-order valence-electron chi connectivity index (χ4n) is 3.01. The minimum Gasteiger partial charge on any atom is -0.321 e.